The third-order valence-electron chi connectivity index (χ3n) is 3.59. The zero-order valence-electron chi connectivity index (χ0n) is 11.8. The lowest BCUT2D eigenvalue weighted by molar-refractivity contribution is 0.573. The summed E-state index contributed by atoms with van der Waals surface area (Å²) in [6.07, 6.45) is 2.11. The fourth-order valence-corrected chi connectivity index (χ4v) is 2.54. The molecule has 0 amide bonds. The topological polar surface area (TPSA) is 43.8 Å². The molecular weight excluding hydrogens is 234 g/mol. The van der Waals surface area contributed by atoms with E-state index in [1.807, 2.05) is 13.0 Å². The second-order valence-corrected chi connectivity index (χ2v) is 4.97. The smallest absolute Gasteiger partial charge is 0.0596 e. The van der Waals surface area contributed by atoms with E-state index >= 15 is 0 Å². The molecule has 3 heteroatoms. The molecular formula is C16H23N3. The van der Waals surface area contributed by atoms with Gasteiger partial charge in [0, 0.05) is 12.2 Å². The van der Waals surface area contributed by atoms with E-state index in [2.05, 4.69) is 47.0 Å². The third kappa shape index (κ3) is 3.44. The first-order chi connectivity index (χ1) is 9.24. The van der Waals surface area contributed by atoms with E-state index in [-0.39, 0.29) is 0 Å². The minimum absolute atomic E-state index is 0.432. The van der Waals surface area contributed by atoms with Crippen molar-refractivity contribution in [2.45, 2.75) is 39.2 Å². The van der Waals surface area contributed by atoms with E-state index in [9.17, 15) is 0 Å². The van der Waals surface area contributed by atoms with Crippen LogP contribution in [-0.4, -0.2) is 16.3 Å². The Morgan fingerprint density at radius 1 is 1.26 bits per heavy atom. The quantitative estimate of drug-likeness (QED) is 0.864. The van der Waals surface area contributed by atoms with Gasteiger partial charge in [-0.3, -0.25) is 4.68 Å². The van der Waals surface area contributed by atoms with E-state index in [1.165, 1.54) is 11.3 Å². The summed E-state index contributed by atoms with van der Waals surface area (Å²) in [5.74, 6) is 0.432. The average molecular weight is 257 g/mol. The fraction of sp³-hybridized carbons (Fsp3) is 0.438. The van der Waals surface area contributed by atoms with Gasteiger partial charge < -0.3 is 5.73 Å². The highest BCUT2D eigenvalue weighted by molar-refractivity contribution is 5.20. The lowest BCUT2D eigenvalue weighted by Crippen LogP contribution is -2.14. The summed E-state index contributed by atoms with van der Waals surface area (Å²) in [6.45, 7) is 5.81. The summed E-state index contributed by atoms with van der Waals surface area (Å²) in [6, 6.07) is 12.7. The Hall–Kier alpha value is -1.61. The summed E-state index contributed by atoms with van der Waals surface area (Å²) in [7, 11) is 0. The molecule has 102 valence electrons. The van der Waals surface area contributed by atoms with E-state index in [0.717, 1.165) is 25.1 Å². The van der Waals surface area contributed by atoms with Crippen LogP contribution in [0, 0.1) is 6.92 Å². The minimum Gasteiger partial charge on any atom is -0.330 e. The van der Waals surface area contributed by atoms with Crippen molar-refractivity contribution >= 4 is 0 Å². The van der Waals surface area contributed by atoms with E-state index in [1.54, 1.807) is 0 Å². The number of aryl methyl sites for hydroxylation is 3. The van der Waals surface area contributed by atoms with Crippen LogP contribution in [0.25, 0.3) is 0 Å². The first-order valence-corrected chi connectivity index (χ1v) is 7.03. The van der Waals surface area contributed by atoms with Crippen LogP contribution < -0.4 is 5.73 Å². The Balaban J connectivity index is 2.04. The van der Waals surface area contributed by atoms with E-state index < -0.39 is 0 Å². The van der Waals surface area contributed by atoms with Crippen molar-refractivity contribution in [1.29, 1.82) is 0 Å². The fourth-order valence-electron chi connectivity index (χ4n) is 2.54. The van der Waals surface area contributed by atoms with Crippen molar-refractivity contribution < 1.29 is 0 Å². The van der Waals surface area contributed by atoms with Crippen molar-refractivity contribution in [3.63, 3.8) is 0 Å². The molecule has 2 N–H and O–H groups in total. The molecule has 1 atom stereocenters. The lowest BCUT2D eigenvalue weighted by Gasteiger charge is -2.15. The van der Waals surface area contributed by atoms with E-state index in [4.69, 9.17) is 5.73 Å². The van der Waals surface area contributed by atoms with Gasteiger partial charge in [-0.1, -0.05) is 30.3 Å². The molecule has 3 nitrogen and oxygen atoms in total. The predicted octanol–water partition coefficient (Wildman–Crippen LogP) is 2.89. The normalized spacial score (nSPS) is 12.6. The van der Waals surface area contributed by atoms with E-state index in [0.29, 0.717) is 12.5 Å². The molecule has 1 heterocycles. The Kier molecular flexibility index (Phi) is 4.74. The summed E-state index contributed by atoms with van der Waals surface area (Å²) in [4.78, 5) is 0. The van der Waals surface area contributed by atoms with Gasteiger partial charge in [-0.15, -0.1) is 0 Å². The predicted molar refractivity (Wildman–Crippen MR) is 79.2 cm³/mol. The third-order valence-corrected chi connectivity index (χ3v) is 3.59. The molecule has 19 heavy (non-hydrogen) atoms. The zero-order chi connectivity index (χ0) is 13.7. The summed E-state index contributed by atoms with van der Waals surface area (Å²) in [5.41, 5.74) is 9.67. The molecule has 0 spiro atoms. The number of rotatable bonds is 6. The molecule has 1 aromatic heterocycles. The van der Waals surface area contributed by atoms with Crippen molar-refractivity contribution in [3.05, 3.63) is 53.3 Å². The van der Waals surface area contributed by atoms with Crippen LogP contribution in [0.1, 0.15) is 36.2 Å². The van der Waals surface area contributed by atoms with Gasteiger partial charge >= 0.3 is 0 Å². The van der Waals surface area contributed by atoms with Crippen LogP contribution in [0.2, 0.25) is 0 Å². The second kappa shape index (κ2) is 6.53. The Morgan fingerprint density at radius 3 is 2.63 bits per heavy atom. The average Bonchev–Trinajstić information content (AvgIpc) is 2.81. The largest absolute Gasteiger partial charge is 0.330 e. The number of hydrogen-bond donors (Lipinski definition) is 1. The molecule has 1 unspecified atom stereocenters. The lowest BCUT2D eigenvalue weighted by atomic mass is 9.93. The molecule has 0 aliphatic rings. The van der Waals surface area contributed by atoms with Gasteiger partial charge in [-0.05, 0) is 50.8 Å². The molecule has 2 rings (SSSR count). The number of nitrogens with zero attached hydrogens (tertiary/aromatic N) is 2. The summed E-state index contributed by atoms with van der Waals surface area (Å²) < 4.78 is 2.09. The van der Waals surface area contributed by atoms with Crippen molar-refractivity contribution in [3.8, 4) is 0 Å². The summed E-state index contributed by atoms with van der Waals surface area (Å²) in [5, 5.41) is 4.49. The van der Waals surface area contributed by atoms with Crippen LogP contribution in [0.5, 0.6) is 0 Å². The molecule has 1 aromatic carbocycles. The van der Waals surface area contributed by atoms with Gasteiger partial charge in [0.05, 0.1) is 5.69 Å². The van der Waals surface area contributed by atoms with Gasteiger partial charge in [0.15, 0.2) is 0 Å². The van der Waals surface area contributed by atoms with Gasteiger partial charge in [-0.2, -0.15) is 5.10 Å². The van der Waals surface area contributed by atoms with Crippen LogP contribution >= 0.6 is 0 Å². The van der Waals surface area contributed by atoms with Crippen molar-refractivity contribution in [1.82, 2.24) is 9.78 Å². The first kappa shape index (κ1) is 13.8. The number of hydrogen-bond acceptors (Lipinski definition) is 2. The maximum absolute atomic E-state index is 5.92. The van der Waals surface area contributed by atoms with Crippen molar-refractivity contribution in [2.75, 3.05) is 6.54 Å². The van der Waals surface area contributed by atoms with Crippen molar-refractivity contribution in [2.24, 2.45) is 5.73 Å². The van der Waals surface area contributed by atoms with Crippen LogP contribution in [0.4, 0.5) is 0 Å². The molecule has 0 saturated heterocycles. The van der Waals surface area contributed by atoms with Crippen LogP contribution in [0.3, 0.4) is 0 Å². The number of nitrogens with two attached hydrogens (primary N) is 1. The molecule has 2 aromatic rings. The van der Waals surface area contributed by atoms with Gasteiger partial charge in [-0.25, -0.2) is 0 Å². The zero-order valence-corrected chi connectivity index (χ0v) is 11.8. The first-order valence-electron chi connectivity index (χ1n) is 7.03. The second-order valence-electron chi connectivity index (χ2n) is 4.97. The molecule has 0 fully saturated rings. The van der Waals surface area contributed by atoms with Gasteiger partial charge in [0.25, 0.3) is 0 Å². The molecule has 0 aliphatic carbocycles. The minimum atomic E-state index is 0.432. The molecule has 0 bridgehead atoms. The van der Waals surface area contributed by atoms with Crippen LogP contribution in [0.15, 0.2) is 36.4 Å². The number of aromatic nitrogens is 2. The summed E-state index contributed by atoms with van der Waals surface area (Å²) >= 11 is 0. The Labute approximate surface area is 115 Å². The van der Waals surface area contributed by atoms with Crippen LogP contribution in [-0.2, 0) is 13.0 Å². The molecule has 0 aliphatic heterocycles. The standard InChI is InChI=1S/C16H23N3/c1-3-19-16(11-13(2)18-19)10-9-15(12-17)14-7-5-4-6-8-14/h4-8,11,15H,3,9-10,12,17H2,1-2H3. The molecule has 0 radical (unpaired) electrons. The van der Waals surface area contributed by atoms with Gasteiger partial charge in [0.1, 0.15) is 0 Å². The maximum atomic E-state index is 5.92. The molecule has 0 saturated carbocycles. The monoisotopic (exact) mass is 257 g/mol. The Morgan fingerprint density at radius 2 is 2.00 bits per heavy atom. The maximum Gasteiger partial charge on any atom is 0.0596 e. The highest BCUT2D eigenvalue weighted by Gasteiger charge is 2.11. The Bertz CT molecular complexity index is 502. The van der Waals surface area contributed by atoms with Gasteiger partial charge in [0.2, 0.25) is 0 Å². The SMILES string of the molecule is CCn1nc(C)cc1CCC(CN)c1ccccc1. The highest BCUT2D eigenvalue weighted by atomic mass is 15.3. The highest BCUT2D eigenvalue weighted by Crippen LogP contribution is 2.20. The number of benzene rings is 1.